The average Bonchev–Trinajstić information content (AvgIpc) is 2.94. The molecule has 4 nitrogen and oxygen atoms in total. The van der Waals surface area contributed by atoms with Crippen molar-refractivity contribution in [2.45, 2.75) is 32.2 Å². The van der Waals surface area contributed by atoms with Crippen molar-refractivity contribution in [2.24, 2.45) is 17.6 Å². The van der Waals surface area contributed by atoms with Gasteiger partial charge in [0.15, 0.2) is 0 Å². The van der Waals surface area contributed by atoms with Crippen LogP contribution in [-0.2, 0) is 4.79 Å². The van der Waals surface area contributed by atoms with Crippen LogP contribution in [0, 0.1) is 11.8 Å². The molecule has 2 atom stereocenters. The fourth-order valence-electron chi connectivity index (χ4n) is 2.30. The van der Waals surface area contributed by atoms with Crippen molar-refractivity contribution in [1.29, 1.82) is 0 Å². The SMILES string of the molecule is CC(N)C(=O)N1CCC(CNCC2CC2)C1. The van der Waals surface area contributed by atoms with Gasteiger partial charge in [0, 0.05) is 13.1 Å². The minimum absolute atomic E-state index is 0.102. The zero-order chi connectivity index (χ0) is 11.5. The van der Waals surface area contributed by atoms with Gasteiger partial charge in [-0.05, 0) is 51.1 Å². The molecule has 1 aliphatic heterocycles. The first kappa shape index (κ1) is 11.9. The van der Waals surface area contributed by atoms with E-state index < -0.39 is 0 Å². The third-order valence-electron chi connectivity index (χ3n) is 3.55. The molecule has 0 spiro atoms. The molecule has 16 heavy (non-hydrogen) atoms. The van der Waals surface area contributed by atoms with Gasteiger partial charge in [-0.3, -0.25) is 4.79 Å². The monoisotopic (exact) mass is 225 g/mol. The summed E-state index contributed by atoms with van der Waals surface area (Å²) in [6.07, 6.45) is 3.91. The summed E-state index contributed by atoms with van der Waals surface area (Å²) in [5, 5.41) is 3.51. The lowest BCUT2D eigenvalue weighted by atomic mass is 10.1. The van der Waals surface area contributed by atoms with Crippen LogP contribution in [0.4, 0.5) is 0 Å². The second-order valence-corrected chi connectivity index (χ2v) is 5.33. The van der Waals surface area contributed by atoms with Crippen LogP contribution in [0.2, 0.25) is 0 Å². The van der Waals surface area contributed by atoms with Gasteiger partial charge in [0.2, 0.25) is 5.91 Å². The number of nitrogens with one attached hydrogen (secondary N) is 1. The molecule has 1 amide bonds. The number of hydrogen-bond donors (Lipinski definition) is 2. The largest absolute Gasteiger partial charge is 0.341 e. The Morgan fingerprint density at radius 3 is 2.69 bits per heavy atom. The van der Waals surface area contributed by atoms with E-state index in [-0.39, 0.29) is 11.9 Å². The first-order valence-corrected chi connectivity index (χ1v) is 6.42. The van der Waals surface area contributed by atoms with Crippen LogP contribution < -0.4 is 11.1 Å². The van der Waals surface area contributed by atoms with Crippen molar-refractivity contribution in [3.8, 4) is 0 Å². The molecule has 0 aromatic carbocycles. The molecule has 2 fully saturated rings. The van der Waals surface area contributed by atoms with Gasteiger partial charge in [0.05, 0.1) is 6.04 Å². The van der Waals surface area contributed by atoms with Crippen molar-refractivity contribution in [2.75, 3.05) is 26.2 Å². The summed E-state index contributed by atoms with van der Waals surface area (Å²) in [5.74, 6) is 1.66. The lowest BCUT2D eigenvalue weighted by Gasteiger charge is -2.18. The van der Waals surface area contributed by atoms with E-state index in [9.17, 15) is 4.79 Å². The van der Waals surface area contributed by atoms with E-state index in [1.54, 1.807) is 6.92 Å². The number of nitrogens with two attached hydrogens (primary N) is 1. The van der Waals surface area contributed by atoms with Gasteiger partial charge in [-0.15, -0.1) is 0 Å². The Bertz CT molecular complexity index is 251. The smallest absolute Gasteiger partial charge is 0.239 e. The lowest BCUT2D eigenvalue weighted by molar-refractivity contribution is -0.131. The van der Waals surface area contributed by atoms with Gasteiger partial charge in [0.25, 0.3) is 0 Å². The average molecular weight is 225 g/mol. The van der Waals surface area contributed by atoms with E-state index >= 15 is 0 Å². The molecular weight excluding hydrogens is 202 g/mol. The number of hydrogen-bond acceptors (Lipinski definition) is 3. The summed E-state index contributed by atoms with van der Waals surface area (Å²) in [4.78, 5) is 13.6. The summed E-state index contributed by atoms with van der Waals surface area (Å²) < 4.78 is 0. The molecule has 1 saturated carbocycles. The fourth-order valence-corrected chi connectivity index (χ4v) is 2.30. The minimum atomic E-state index is -0.349. The normalized spacial score (nSPS) is 27.1. The number of likely N-dealkylation sites (tertiary alicyclic amines) is 1. The molecule has 3 N–H and O–H groups in total. The quantitative estimate of drug-likeness (QED) is 0.702. The van der Waals surface area contributed by atoms with E-state index in [1.165, 1.54) is 12.8 Å². The highest BCUT2D eigenvalue weighted by atomic mass is 16.2. The van der Waals surface area contributed by atoms with Crippen LogP contribution in [0.1, 0.15) is 26.2 Å². The molecular formula is C12H23N3O. The molecule has 4 heteroatoms. The number of nitrogens with zero attached hydrogens (tertiary/aromatic N) is 1. The van der Waals surface area contributed by atoms with Gasteiger partial charge in [0.1, 0.15) is 0 Å². The summed E-state index contributed by atoms with van der Waals surface area (Å²) in [6, 6.07) is -0.349. The van der Waals surface area contributed by atoms with Crippen molar-refractivity contribution in [3.05, 3.63) is 0 Å². The molecule has 0 radical (unpaired) electrons. The van der Waals surface area contributed by atoms with Crippen molar-refractivity contribution < 1.29 is 4.79 Å². The molecule has 0 bridgehead atoms. The second-order valence-electron chi connectivity index (χ2n) is 5.33. The Balaban J connectivity index is 1.64. The van der Waals surface area contributed by atoms with E-state index in [0.717, 1.165) is 38.5 Å². The molecule has 2 aliphatic rings. The van der Waals surface area contributed by atoms with Crippen molar-refractivity contribution >= 4 is 5.91 Å². The number of carbonyl (C=O) groups excluding carboxylic acids is 1. The van der Waals surface area contributed by atoms with Gasteiger partial charge in [-0.25, -0.2) is 0 Å². The molecule has 1 heterocycles. The van der Waals surface area contributed by atoms with Crippen LogP contribution in [0.15, 0.2) is 0 Å². The van der Waals surface area contributed by atoms with Crippen LogP contribution >= 0.6 is 0 Å². The van der Waals surface area contributed by atoms with Crippen LogP contribution in [0.25, 0.3) is 0 Å². The summed E-state index contributed by atoms with van der Waals surface area (Å²) in [7, 11) is 0. The third kappa shape index (κ3) is 3.19. The molecule has 2 unspecified atom stereocenters. The zero-order valence-corrected chi connectivity index (χ0v) is 10.1. The number of amides is 1. The van der Waals surface area contributed by atoms with E-state index in [4.69, 9.17) is 5.73 Å². The summed E-state index contributed by atoms with van der Waals surface area (Å²) in [6.45, 7) is 5.76. The summed E-state index contributed by atoms with van der Waals surface area (Å²) in [5.41, 5.74) is 5.60. The second kappa shape index (κ2) is 5.15. The standard InChI is InChI=1S/C12H23N3O/c1-9(13)12(16)15-5-4-11(8-15)7-14-6-10-2-3-10/h9-11,14H,2-8,13H2,1H3. The first-order valence-electron chi connectivity index (χ1n) is 6.42. The Labute approximate surface area is 97.6 Å². The van der Waals surface area contributed by atoms with Gasteiger partial charge < -0.3 is 16.0 Å². The predicted molar refractivity (Wildman–Crippen MR) is 63.9 cm³/mol. The maximum absolute atomic E-state index is 11.7. The highest BCUT2D eigenvalue weighted by Gasteiger charge is 2.28. The number of carbonyl (C=O) groups is 1. The third-order valence-corrected chi connectivity index (χ3v) is 3.55. The van der Waals surface area contributed by atoms with E-state index in [0.29, 0.717) is 5.92 Å². The Morgan fingerprint density at radius 2 is 2.06 bits per heavy atom. The first-order chi connectivity index (χ1) is 7.66. The van der Waals surface area contributed by atoms with E-state index in [2.05, 4.69) is 5.32 Å². The Kier molecular flexibility index (Phi) is 3.82. The molecule has 1 saturated heterocycles. The van der Waals surface area contributed by atoms with Crippen molar-refractivity contribution in [3.63, 3.8) is 0 Å². The predicted octanol–water partition coefficient (Wildman–Crippen LogP) is 0.182. The van der Waals surface area contributed by atoms with Crippen LogP contribution in [0.5, 0.6) is 0 Å². The molecule has 2 rings (SSSR count). The fraction of sp³-hybridized carbons (Fsp3) is 0.917. The van der Waals surface area contributed by atoms with Gasteiger partial charge >= 0.3 is 0 Å². The summed E-state index contributed by atoms with van der Waals surface area (Å²) >= 11 is 0. The topological polar surface area (TPSA) is 58.4 Å². The van der Waals surface area contributed by atoms with E-state index in [1.807, 2.05) is 4.90 Å². The van der Waals surface area contributed by atoms with Crippen molar-refractivity contribution in [1.82, 2.24) is 10.2 Å². The zero-order valence-electron chi connectivity index (χ0n) is 10.1. The maximum Gasteiger partial charge on any atom is 0.239 e. The molecule has 92 valence electrons. The molecule has 1 aliphatic carbocycles. The highest BCUT2D eigenvalue weighted by Crippen LogP contribution is 2.27. The van der Waals surface area contributed by atoms with Gasteiger partial charge in [-0.1, -0.05) is 0 Å². The highest BCUT2D eigenvalue weighted by molar-refractivity contribution is 5.81. The molecule has 0 aromatic rings. The molecule has 0 aromatic heterocycles. The Morgan fingerprint density at radius 1 is 1.38 bits per heavy atom. The van der Waals surface area contributed by atoms with Crippen LogP contribution in [-0.4, -0.2) is 43.0 Å². The maximum atomic E-state index is 11.7. The van der Waals surface area contributed by atoms with Crippen LogP contribution in [0.3, 0.4) is 0 Å². The number of rotatable bonds is 5. The Hall–Kier alpha value is -0.610. The van der Waals surface area contributed by atoms with Gasteiger partial charge in [-0.2, -0.15) is 0 Å². The lowest BCUT2D eigenvalue weighted by Crippen LogP contribution is -2.41. The minimum Gasteiger partial charge on any atom is -0.341 e.